The first-order chi connectivity index (χ1) is 7.71. The molecule has 0 aliphatic rings. The van der Waals surface area contributed by atoms with Crippen LogP contribution in [0.1, 0.15) is 59.3 Å². The van der Waals surface area contributed by atoms with Gasteiger partial charge in [-0.2, -0.15) is 0 Å². The van der Waals surface area contributed by atoms with E-state index in [1.54, 1.807) is 0 Å². The van der Waals surface area contributed by atoms with E-state index in [-0.39, 0.29) is 5.91 Å². The van der Waals surface area contributed by atoms with Gasteiger partial charge >= 0.3 is 0 Å². The predicted molar refractivity (Wildman–Crippen MR) is 70.9 cm³/mol. The lowest BCUT2D eigenvalue weighted by atomic mass is 10.1. The van der Waals surface area contributed by atoms with Gasteiger partial charge in [-0.15, -0.1) is 11.6 Å². The Morgan fingerprint density at radius 1 is 1.19 bits per heavy atom. The molecule has 0 radical (unpaired) electrons. The van der Waals surface area contributed by atoms with E-state index in [1.165, 1.54) is 0 Å². The van der Waals surface area contributed by atoms with Crippen molar-refractivity contribution in [2.24, 2.45) is 0 Å². The molecule has 0 aromatic carbocycles. The highest BCUT2D eigenvalue weighted by Gasteiger charge is 2.19. The molecule has 0 aliphatic heterocycles. The second-order valence-corrected chi connectivity index (χ2v) is 4.58. The van der Waals surface area contributed by atoms with Gasteiger partial charge in [0.15, 0.2) is 0 Å². The Morgan fingerprint density at radius 3 is 2.25 bits per heavy atom. The van der Waals surface area contributed by atoms with E-state index in [1.807, 2.05) is 4.90 Å². The minimum Gasteiger partial charge on any atom is -0.339 e. The topological polar surface area (TPSA) is 20.3 Å². The van der Waals surface area contributed by atoms with Gasteiger partial charge in [0, 0.05) is 24.9 Å². The van der Waals surface area contributed by atoms with Crippen LogP contribution in [-0.4, -0.2) is 29.3 Å². The highest BCUT2D eigenvalue weighted by molar-refractivity contribution is 6.18. The summed E-state index contributed by atoms with van der Waals surface area (Å²) in [4.78, 5) is 14.0. The number of rotatable bonds is 9. The fourth-order valence-electron chi connectivity index (χ4n) is 2.00. The molecular weight excluding hydrogens is 222 g/mol. The Balaban J connectivity index is 4.21. The molecule has 0 N–H and O–H groups in total. The molecular formula is C13H26ClNO. The molecule has 0 rings (SSSR count). The summed E-state index contributed by atoms with van der Waals surface area (Å²) in [5.74, 6) is 0.818. The number of hydrogen-bond acceptors (Lipinski definition) is 1. The molecule has 0 aromatic heterocycles. The maximum absolute atomic E-state index is 12.0. The lowest BCUT2D eigenvalue weighted by molar-refractivity contribution is -0.133. The first-order valence-corrected chi connectivity index (χ1v) is 7.10. The molecule has 0 spiro atoms. The van der Waals surface area contributed by atoms with Gasteiger partial charge in [-0.1, -0.05) is 33.6 Å². The second kappa shape index (κ2) is 9.95. The monoisotopic (exact) mass is 247 g/mol. The number of nitrogens with zero attached hydrogens (tertiary/aromatic N) is 1. The van der Waals surface area contributed by atoms with Gasteiger partial charge in [0.2, 0.25) is 5.91 Å². The van der Waals surface area contributed by atoms with E-state index >= 15 is 0 Å². The lowest BCUT2D eigenvalue weighted by Gasteiger charge is -2.30. The van der Waals surface area contributed by atoms with E-state index in [0.717, 1.165) is 32.1 Å². The van der Waals surface area contributed by atoms with Gasteiger partial charge in [0.25, 0.3) is 0 Å². The molecule has 0 unspecified atom stereocenters. The molecule has 16 heavy (non-hydrogen) atoms. The quantitative estimate of drug-likeness (QED) is 0.448. The van der Waals surface area contributed by atoms with Crippen molar-refractivity contribution in [2.45, 2.75) is 65.3 Å². The summed E-state index contributed by atoms with van der Waals surface area (Å²) in [7, 11) is 0. The summed E-state index contributed by atoms with van der Waals surface area (Å²) < 4.78 is 0. The molecule has 0 heterocycles. The number of alkyl halides is 1. The number of hydrogen-bond donors (Lipinski definition) is 0. The zero-order valence-electron chi connectivity index (χ0n) is 11.0. The van der Waals surface area contributed by atoms with Gasteiger partial charge in [-0.25, -0.2) is 0 Å². The van der Waals surface area contributed by atoms with E-state index in [4.69, 9.17) is 11.6 Å². The molecule has 0 bridgehead atoms. The first kappa shape index (κ1) is 15.8. The molecule has 3 heteroatoms. The highest BCUT2D eigenvalue weighted by Crippen LogP contribution is 2.12. The molecule has 2 nitrogen and oxygen atoms in total. The van der Waals surface area contributed by atoms with Crippen LogP contribution >= 0.6 is 11.6 Å². The van der Waals surface area contributed by atoms with Crippen LogP contribution < -0.4 is 0 Å². The van der Waals surface area contributed by atoms with Crippen molar-refractivity contribution in [3.05, 3.63) is 0 Å². The van der Waals surface area contributed by atoms with Crippen molar-refractivity contribution >= 4 is 17.5 Å². The first-order valence-electron chi connectivity index (χ1n) is 6.56. The second-order valence-electron chi connectivity index (χ2n) is 4.20. The van der Waals surface area contributed by atoms with E-state index in [0.29, 0.717) is 24.9 Å². The van der Waals surface area contributed by atoms with Gasteiger partial charge in [0.05, 0.1) is 0 Å². The Bertz CT molecular complexity index is 181. The van der Waals surface area contributed by atoms with E-state index in [9.17, 15) is 4.79 Å². The van der Waals surface area contributed by atoms with Crippen LogP contribution in [-0.2, 0) is 4.79 Å². The summed E-state index contributed by atoms with van der Waals surface area (Å²) in [6.45, 7) is 7.12. The number of carbonyl (C=O) groups excluding carboxylic acids is 1. The number of carbonyl (C=O) groups is 1. The van der Waals surface area contributed by atoms with Crippen LogP contribution in [0.5, 0.6) is 0 Å². The third-order valence-electron chi connectivity index (χ3n) is 3.02. The summed E-state index contributed by atoms with van der Waals surface area (Å²) in [5.41, 5.74) is 0. The third-order valence-corrected chi connectivity index (χ3v) is 3.19. The lowest BCUT2D eigenvalue weighted by Crippen LogP contribution is -2.40. The van der Waals surface area contributed by atoms with Crippen LogP contribution in [0.25, 0.3) is 0 Å². The average Bonchev–Trinajstić information content (AvgIpc) is 2.29. The maximum atomic E-state index is 12.0. The Kier molecular flexibility index (Phi) is 9.80. The molecule has 1 amide bonds. The normalized spacial score (nSPS) is 10.8. The van der Waals surface area contributed by atoms with Crippen LogP contribution in [0.3, 0.4) is 0 Å². The summed E-state index contributed by atoms with van der Waals surface area (Å²) >= 11 is 5.77. The predicted octanol–water partition coefficient (Wildman–Crippen LogP) is 3.82. The number of unbranched alkanes of at least 4 members (excludes halogenated alkanes) is 2. The summed E-state index contributed by atoms with van der Waals surface area (Å²) in [6, 6.07) is 0.368. The van der Waals surface area contributed by atoms with Crippen molar-refractivity contribution in [3.8, 4) is 0 Å². The van der Waals surface area contributed by atoms with Crippen molar-refractivity contribution in [1.82, 2.24) is 4.90 Å². The largest absolute Gasteiger partial charge is 0.339 e. The SMILES string of the molecule is CCCCCC(=O)N(CCCl)C(CC)CC. The Hall–Kier alpha value is -0.240. The van der Waals surface area contributed by atoms with Crippen LogP contribution in [0.15, 0.2) is 0 Å². The molecule has 0 atom stereocenters. The zero-order valence-corrected chi connectivity index (χ0v) is 11.7. The molecule has 0 fully saturated rings. The highest BCUT2D eigenvalue weighted by atomic mass is 35.5. The summed E-state index contributed by atoms with van der Waals surface area (Å²) in [5, 5.41) is 0. The van der Waals surface area contributed by atoms with Crippen molar-refractivity contribution in [3.63, 3.8) is 0 Å². The molecule has 96 valence electrons. The summed E-state index contributed by atoms with van der Waals surface area (Å²) in [6.07, 6.45) is 6.03. The zero-order chi connectivity index (χ0) is 12.4. The maximum Gasteiger partial charge on any atom is 0.222 e. The van der Waals surface area contributed by atoms with Crippen LogP contribution in [0.4, 0.5) is 0 Å². The molecule has 0 aromatic rings. The Morgan fingerprint density at radius 2 is 1.81 bits per heavy atom. The molecule has 0 aliphatic carbocycles. The van der Waals surface area contributed by atoms with Gasteiger partial charge < -0.3 is 4.90 Å². The Labute approximate surface area is 105 Å². The minimum absolute atomic E-state index is 0.280. The van der Waals surface area contributed by atoms with Crippen LogP contribution in [0, 0.1) is 0 Å². The van der Waals surface area contributed by atoms with Gasteiger partial charge in [-0.05, 0) is 19.3 Å². The van der Waals surface area contributed by atoms with Gasteiger partial charge in [0.1, 0.15) is 0 Å². The molecule has 0 saturated carbocycles. The van der Waals surface area contributed by atoms with Crippen molar-refractivity contribution in [2.75, 3.05) is 12.4 Å². The fraction of sp³-hybridized carbons (Fsp3) is 0.923. The van der Waals surface area contributed by atoms with Crippen LogP contribution in [0.2, 0.25) is 0 Å². The minimum atomic E-state index is 0.280. The average molecular weight is 248 g/mol. The fourth-order valence-corrected chi connectivity index (χ4v) is 2.18. The standard InChI is InChI=1S/C13H26ClNO/c1-4-7-8-9-13(16)15(11-10-14)12(5-2)6-3/h12H,4-11H2,1-3H3. The third kappa shape index (κ3) is 5.74. The van der Waals surface area contributed by atoms with E-state index in [2.05, 4.69) is 20.8 Å². The smallest absolute Gasteiger partial charge is 0.222 e. The van der Waals surface area contributed by atoms with Crippen molar-refractivity contribution < 1.29 is 4.79 Å². The van der Waals surface area contributed by atoms with E-state index < -0.39 is 0 Å². The number of halogens is 1. The van der Waals surface area contributed by atoms with Crippen molar-refractivity contribution in [1.29, 1.82) is 0 Å². The number of amides is 1. The molecule has 0 saturated heterocycles. The van der Waals surface area contributed by atoms with Gasteiger partial charge in [-0.3, -0.25) is 4.79 Å².